The molecule has 1 aliphatic rings. The number of nitrogens with zero attached hydrogens (tertiary/aromatic N) is 2. The molecule has 6 nitrogen and oxygen atoms in total. The van der Waals surface area contributed by atoms with Gasteiger partial charge in [-0.05, 0) is 13.0 Å². The molecule has 1 N–H and O–H groups in total. The van der Waals surface area contributed by atoms with Gasteiger partial charge in [-0.3, -0.25) is 4.79 Å². The molecule has 122 valence electrons. The maximum Gasteiger partial charge on any atom is 0.227 e. The molecule has 3 rings (SSSR count). The number of morpholine rings is 1. The number of hydrogen-bond donors (Lipinski definition) is 1. The zero-order chi connectivity index (χ0) is 16.2. The number of para-hydroxylation sites is 1. The van der Waals surface area contributed by atoms with Gasteiger partial charge in [0.1, 0.15) is 17.7 Å². The first-order valence-corrected chi connectivity index (χ1v) is 7.70. The third kappa shape index (κ3) is 3.53. The number of carbonyl (C=O) groups excluding carboxylic acids is 1. The SMILES string of the molecule is COc1ccccc1CC(=O)N1CCOC(c2ncc(C)[nH]2)C1. The first kappa shape index (κ1) is 15.6. The minimum Gasteiger partial charge on any atom is -0.496 e. The summed E-state index contributed by atoms with van der Waals surface area (Å²) in [5, 5.41) is 0. The quantitative estimate of drug-likeness (QED) is 0.935. The van der Waals surface area contributed by atoms with Crippen LogP contribution >= 0.6 is 0 Å². The number of aromatic amines is 1. The number of benzene rings is 1. The number of H-pyrrole nitrogens is 1. The third-order valence-electron chi connectivity index (χ3n) is 3.98. The van der Waals surface area contributed by atoms with Crippen molar-refractivity contribution >= 4 is 5.91 Å². The van der Waals surface area contributed by atoms with Crippen LogP contribution in [-0.2, 0) is 16.0 Å². The number of hydrogen-bond acceptors (Lipinski definition) is 4. The van der Waals surface area contributed by atoms with E-state index in [1.165, 1.54) is 0 Å². The summed E-state index contributed by atoms with van der Waals surface area (Å²) >= 11 is 0. The van der Waals surface area contributed by atoms with Gasteiger partial charge in [0.2, 0.25) is 5.91 Å². The Morgan fingerprint density at radius 3 is 3.04 bits per heavy atom. The van der Waals surface area contributed by atoms with E-state index in [9.17, 15) is 4.79 Å². The lowest BCUT2D eigenvalue weighted by Crippen LogP contribution is -2.43. The van der Waals surface area contributed by atoms with E-state index >= 15 is 0 Å². The lowest BCUT2D eigenvalue weighted by Gasteiger charge is -2.32. The van der Waals surface area contributed by atoms with Gasteiger partial charge in [0, 0.05) is 24.0 Å². The van der Waals surface area contributed by atoms with Crippen molar-refractivity contribution in [1.82, 2.24) is 14.9 Å². The highest BCUT2D eigenvalue weighted by atomic mass is 16.5. The standard InChI is InChI=1S/C17H21N3O3/c1-12-10-18-17(19-12)15-11-20(7-8-23-15)16(21)9-13-5-3-4-6-14(13)22-2/h3-6,10,15H,7-9,11H2,1-2H3,(H,18,19). The number of amides is 1. The number of carbonyl (C=O) groups is 1. The van der Waals surface area contributed by atoms with Gasteiger partial charge >= 0.3 is 0 Å². The molecule has 1 aromatic heterocycles. The molecule has 1 aliphatic heterocycles. The Hall–Kier alpha value is -2.34. The summed E-state index contributed by atoms with van der Waals surface area (Å²) in [4.78, 5) is 21.9. The van der Waals surface area contributed by atoms with Gasteiger partial charge < -0.3 is 19.4 Å². The predicted octanol–water partition coefficient (Wildman–Crippen LogP) is 1.87. The van der Waals surface area contributed by atoms with Crippen molar-refractivity contribution in [1.29, 1.82) is 0 Å². The van der Waals surface area contributed by atoms with Crippen molar-refractivity contribution in [2.45, 2.75) is 19.4 Å². The van der Waals surface area contributed by atoms with E-state index in [2.05, 4.69) is 9.97 Å². The minimum atomic E-state index is -0.195. The summed E-state index contributed by atoms with van der Waals surface area (Å²) in [5.41, 5.74) is 1.89. The van der Waals surface area contributed by atoms with Gasteiger partial charge in [0.05, 0.1) is 26.7 Å². The maximum absolute atomic E-state index is 12.6. The van der Waals surface area contributed by atoms with Crippen molar-refractivity contribution in [3.63, 3.8) is 0 Å². The van der Waals surface area contributed by atoms with E-state index in [-0.39, 0.29) is 12.0 Å². The number of ether oxygens (including phenoxy) is 2. The molecular formula is C17H21N3O3. The topological polar surface area (TPSA) is 67.4 Å². The van der Waals surface area contributed by atoms with Crippen LogP contribution in [0.3, 0.4) is 0 Å². The number of nitrogens with one attached hydrogen (secondary N) is 1. The Morgan fingerprint density at radius 1 is 1.48 bits per heavy atom. The van der Waals surface area contributed by atoms with Crippen LogP contribution in [0, 0.1) is 6.92 Å². The molecule has 0 radical (unpaired) electrons. The Bertz CT molecular complexity index is 683. The van der Waals surface area contributed by atoms with E-state index < -0.39 is 0 Å². The number of aryl methyl sites for hydroxylation is 1. The summed E-state index contributed by atoms with van der Waals surface area (Å²) in [5.74, 6) is 1.59. The predicted molar refractivity (Wildman–Crippen MR) is 85.3 cm³/mol. The van der Waals surface area contributed by atoms with Gasteiger partial charge in [0.15, 0.2) is 0 Å². The summed E-state index contributed by atoms with van der Waals surface area (Å²) in [6, 6.07) is 7.61. The van der Waals surface area contributed by atoms with Gasteiger partial charge in [-0.25, -0.2) is 4.98 Å². The van der Waals surface area contributed by atoms with Crippen molar-refractivity contribution in [3.8, 4) is 5.75 Å². The van der Waals surface area contributed by atoms with Gasteiger partial charge in [-0.15, -0.1) is 0 Å². The van der Waals surface area contributed by atoms with Crippen LogP contribution in [0.15, 0.2) is 30.5 Å². The second kappa shape index (κ2) is 6.83. The van der Waals surface area contributed by atoms with Crippen LogP contribution in [0.5, 0.6) is 5.75 Å². The van der Waals surface area contributed by atoms with E-state index in [1.54, 1.807) is 13.3 Å². The van der Waals surface area contributed by atoms with E-state index in [0.29, 0.717) is 26.1 Å². The van der Waals surface area contributed by atoms with Crippen LogP contribution in [0.4, 0.5) is 0 Å². The normalized spacial score (nSPS) is 18.0. The number of rotatable bonds is 4. The molecule has 0 spiro atoms. The summed E-state index contributed by atoms with van der Waals surface area (Å²) in [7, 11) is 1.62. The molecule has 0 bridgehead atoms. The molecule has 2 aromatic rings. The Labute approximate surface area is 135 Å². The Kier molecular flexibility index (Phi) is 4.62. The molecule has 1 aromatic carbocycles. The lowest BCUT2D eigenvalue weighted by molar-refractivity contribution is -0.138. The minimum absolute atomic E-state index is 0.0751. The zero-order valence-corrected chi connectivity index (χ0v) is 13.4. The average molecular weight is 315 g/mol. The fourth-order valence-corrected chi connectivity index (χ4v) is 2.76. The molecule has 1 atom stereocenters. The monoisotopic (exact) mass is 315 g/mol. The van der Waals surface area contributed by atoms with E-state index in [0.717, 1.165) is 22.8 Å². The molecule has 1 saturated heterocycles. The molecule has 23 heavy (non-hydrogen) atoms. The first-order valence-electron chi connectivity index (χ1n) is 7.70. The molecule has 6 heteroatoms. The Morgan fingerprint density at radius 2 is 2.30 bits per heavy atom. The molecule has 0 saturated carbocycles. The van der Waals surface area contributed by atoms with Crippen LogP contribution in [0.1, 0.15) is 23.2 Å². The molecule has 1 amide bonds. The number of methoxy groups -OCH3 is 1. The van der Waals surface area contributed by atoms with Crippen molar-refractivity contribution in [2.75, 3.05) is 26.8 Å². The summed E-state index contributed by atoms with van der Waals surface area (Å²) in [6.07, 6.45) is 1.90. The largest absolute Gasteiger partial charge is 0.496 e. The van der Waals surface area contributed by atoms with Crippen LogP contribution in [0.25, 0.3) is 0 Å². The van der Waals surface area contributed by atoms with E-state index in [4.69, 9.17) is 9.47 Å². The number of aromatic nitrogens is 2. The summed E-state index contributed by atoms with van der Waals surface area (Å²) < 4.78 is 11.1. The average Bonchev–Trinajstić information content (AvgIpc) is 3.02. The fraction of sp³-hybridized carbons (Fsp3) is 0.412. The zero-order valence-electron chi connectivity index (χ0n) is 13.4. The lowest BCUT2D eigenvalue weighted by atomic mass is 10.1. The van der Waals surface area contributed by atoms with Gasteiger partial charge in [-0.1, -0.05) is 18.2 Å². The van der Waals surface area contributed by atoms with Crippen molar-refractivity contribution < 1.29 is 14.3 Å². The van der Waals surface area contributed by atoms with Crippen molar-refractivity contribution in [3.05, 3.63) is 47.5 Å². The Balaban J connectivity index is 1.67. The molecule has 1 fully saturated rings. The molecule has 2 heterocycles. The van der Waals surface area contributed by atoms with Crippen LogP contribution < -0.4 is 4.74 Å². The molecule has 0 aliphatic carbocycles. The highest BCUT2D eigenvalue weighted by Gasteiger charge is 2.27. The second-order valence-electron chi connectivity index (χ2n) is 5.64. The van der Waals surface area contributed by atoms with Gasteiger partial charge in [0.25, 0.3) is 0 Å². The van der Waals surface area contributed by atoms with Crippen molar-refractivity contribution in [2.24, 2.45) is 0 Å². The van der Waals surface area contributed by atoms with Crippen LogP contribution in [-0.4, -0.2) is 47.6 Å². The smallest absolute Gasteiger partial charge is 0.227 e. The molecule has 1 unspecified atom stereocenters. The maximum atomic E-state index is 12.6. The number of imidazole rings is 1. The second-order valence-corrected chi connectivity index (χ2v) is 5.64. The first-order chi connectivity index (χ1) is 11.2. The highest BCUT2D eigenvalue weighted by molar-refractivity contribution is 5.79. The fourth-order valence-electron chi connectivity index (χ4n) is 2.76. The van der Waals surface area contributed by atoms with E-state index in [1.807, 2.05) is 36.1 Å². The summed E-state index contributed by atoms with van der Waals surface area (Å²) in [6.45, 7) is 3.58. The third-order valence-corrected chi connectivity index (χ3v) is 3.98. The highest BCUT2D eigenvalue weighted by Crippen LogP contribution is 2.22. The van der Waals surface area contributed by atoms with Gasteiger partial charge in [-0.2, -0.15) is 0 Å². The molecular weight excluding hydrogens is 294 g/mol. The van der Waals surface area contributed by atoms with Crippen LogP contribution in [0.2, 0.25) is 0 Å².